The molecule has 0 aliphatic heterocycles. The highest BCUT2D eigenvalue weighted by Gasteiger charge is 2.21. The molecule has 0 radical (unpaired) electrons. The Hall–Kier alpha value is -3.51. The number of carbonyl (C=O) groups is 2. The van der Waals surface area contributed by atoms with Crippen LogP contribution in [0.2, 0.25) is 0 Å². The number of hydrogen-bond acceptors (Lipinski definition) is 6. The zero-order valence-electron chi connectivity index (χ0n) is 17.0. The van der Waals surface area contributed by atoms with Crippen LogP contribution in [0, 0.1) is 17.1 Å². The summed E-state index contributed by atoms with van der Waals surface area (Å²) in [5.41, 5.74) is 0.963. The van der Waals surface area contributed by atoms with Crippen molar-refractivity contribution < 1.29 is 14.0 Å². The summed E-state index contributed by atoms with van der Waals surface area (Å²) < 4.78 is 15.7. The molecule has 0 bridgehead atoms. The van der Waals surface area contributed by atoms with Crippen LogP contribution in [0.5, 0.6) is 0 Å². The summed E-state index contributed by atoms with van der Waals surface area (Å²) in [6, 6.07) is 13.7. The van der Waals surface area contributed by atoms with Crippen molar-refractivity contribution in [3.05, 3.63) is 76.9 Å². The van der Waals surface area contributed by atoms with Gasteiger partial charge in [0, 0.05) is 12.1 Å². The molecule has 9 heteroatoms. The first-order chi connectivity index (χ1) is 14.9. The molecule has 2 aromatic carbocycles. The number of halogens is 1. The predicted octanol–water partition coefficient (Wildman–Crippen LogP) is 3.77. The minimum absolute atomic E-state index is 0.0421. The van der Waals surface area contributed by atoms with Crippen LogP contribution in [0.15, 0.2) is 53.7 Å². The normalized spacial score (nSPS) is 11.5. The summed E-state index contributed by atoms with van der Waals surface area (Å²) in [6.07, 6.45) is 0. The van der Waals surface area contributed by atoms with E-state index in [0.717, 1.165) is 0 Å². The second-order valence-corrected chi connectivity index (χ2v) is 7.60. The summed E-state index contributed by atoms with van der Waals surface area (Å²) >= 11 is 1.24. The number of nitrogens with zero attached hydrogens (tertiary/aromatic N) is 4. The first kappa shape index (κ1) is 22.2. The van der Waals surface area contributed by atoms with Gasteiger partial charge in [-0.15, -0.1) is 10.2 Å². The lowest BCUT2D eigenvalue weighted by Crippen LogP contribution is -2.29. The van der Waals surface area contributed by atoms with Crippen molar-refractivity contribution in [1.82, 2.24) is 20.1 Å². The van der Waals surface area contributed by atoms with E-state index in [0.29, 0.717) is 28.7 Å². The molecular formula is C22H20FN5O2S. The Morgan fingerprint density at radius 3 is 2.55 bits per heavy atom. The lowest BCUT2D eigenvalue weighted by atomic mass is 10.1. The van der Waals surface area contributed by atoms with Gasteiger partial charge in [0.2, 0.25) is 0 Å². The monoisotopic (exact) mass is 437 g/mol. The Bertz CT molecular complexity index is 1140. The smallest absolute Gasteiger partial charge is 0.254 e. The third-order valence-corrected chi connectivity index (χ3v) is 5.55. The average molecular weight is 438 g/mol. The first-order valence-corrected chi connectivity index (χ1v) is 10.6. The van der Waals surface area contributed by atoms with Gasteiger partial charge in [-0.25, -0.2) is 4.39 Å². The predicted molar refractivity (Wildman–Crippen MR) is 114 cm³/mol. The third-order valence-electron chi connectivity index (χ3n) is 4.58. The summed E-state index contributed by atoms with van der Waals surface area (Å²) in [5, 5.41) is 20.5. The third kappa shape index (κ3) is 5.16. The molecule has 31 heavy (non-hydrogen) atoms. The van der Waals surface area contributed by atoms with Crippen molar-refractivity contribution in [3.8, 4) is 6.07 Å². The van der Waals surface area contributed by atoms with E-state index in [4.69, 9.17) is 5.26 Å². The summed E-state index contributed by atoms with van der Waals surface area (Å²) in [5.74, 6) is -0.564. The maximum Gasteiger partial charge on any atom is 0.254 e. The van der Waals surface area contributed by atoms with Gasteiger partial charge in [-0.1, -0.05) is 36.0 Å². The molecule has 0 aliphatic rings. The zero-order valence-corrected chi connectivity index (χ0v) is 17.8. The maximum atomic E-state index is 13.9. The van der Waals surface area contributed by atoms with E-state index in [2.05, 4.69) is 15.5 Å². The number of amides is 1. The van der Waals surface area contributed by atoms with Crippen LogP contribution >= 0.6 is 11.8 Å². The summed E-state index contributed by atoms with van der Waals surface area (Å²) in [4.78, 5) is 24.8. The molecule has 3 aromatic rings. The van der Waals surface area contributed by atoms with Crippen LogP contribution in [-0.2, 0) is 6.54 Å². The first-order valence-electron chi connectivity index (χ1n) is 9.59. The van der Waals surface area contributed by atoms with Gasteiger partial charge in [0.05, 0.1) is 29.0 Å². The van der Waals surface area contributed by atoms with Gasteiger partial charge in [0.25, 0.3) is 5.91 Å². The Labute approximate surface area is 183 Å². The number of benzene rings is 2. The molecule has 1 atom stereocenters. The average Bonchev–Trinajstić information content (AvgIpc) is 3.20. The van der Waals surface area contributed by atoms with Crippen LogP contribution in [0.4, 0.5) is 4.39 Å². The Kier molecular flexibility index (Phi) is 7.15. The molecule has 1 aromatic heterocycles. The Morgan fingerprint density at radius 2 is 1.90 bits per heavy atom. The number of ketones is 1. The van der Waals surface area contributed by atoms with Crippen molar-refractivity contribution in [3.63, 3.8) is 0 Å². The van der Waals surface area contributed by atoms with Gasteiger partial charge < -0.3 is 9.88 Å². The van der Waals surface area contributed by atoms with Gasteiger partial charge in [-0.2, -0.15) is 5.26 Å². The second kappa shape index (κ2) is 10.00. The molecule has 1 heterocycles. The summed E-state index contributed by atoms with van der Waals surface area (Å²) in [7, 11) is 0. The highest BCUT2D eigenvalue weighted by atomic mass is 32.2. The highest BCUT2D eigenvalue weighted by Crippen LogP contribution is 2.22. The quantitative estimate of drug-likeness (QED) is 0.425. The molecule has 0 spiro atoms. The number of Topliss-reactive ketones (excluding diaryl/α,β-unsaturated/α-hetero) is 1. The van der Waals surface area contributed by atoms with E-state index in [1.54, 1.807) is 37.3 Å². The molecule has 0 unspecified atom stereocenters. The van der Waals surface area contributed by atoms with Crippen LogP contribution in [-0.4, -0.2) is 32.2 Å². The molecule has 158 valence electrons. The van der Waals surface area contributed by atoms with Crippen LogP contribution in [0.3, 0.4) is 0 Å². The molecule has 1 N–H and O–H groups in total. The second-order valence-electron chi connectivity index (χ2n) is 6.66. The van der Waals surface area contributed by atoms with Crippen molar-refractivity contribution >= 4 is 23.5 Å². The van der Waals surface area contributed by atoms with Gasteiger partial charge in [-0.05, 0) is 38.1 Å². The maximum absolute atomic E-state index is 13.9. The standard InChI is InChI=1S/C22H20FN5O2S/c1-3-28-20(14(2)25-21(30)17-6-4-5-7-18(17)23)26-27-22(28)31-13-19(29)16-10-8-15(12-24)9-11-16/h4-11,14H,3,13H2,1-2H3,(H,25,30)/t14-/m1/s1. The molecular weight excluding hydrogens is 417 g/mol. The molecule has 1 amide bonds. The topological polar surface area (TPSA) is 101 Å². The molecule has 0 saturated heterocycles. The lowest BCUT2D eigenvalue weighted by molar-refractivity contribution is 0.0932. The van der Waals surface area contributed by atoms with E-state index in [-0.39, 0.29) is 17.1 Å². The van der Waals surface area contributed by atoms with Gasteiger partial charge in [-0.3, -0.25) is 9.59 Å². The minimum Gasteiger partial charge on any atom is -0.342 e. The lowest BCUT2D eigenvalue weighted by Gasteiger charge is -2.15. The van der Waals surface area contributed by atoms with Crippen molar-refractivity contribution in [2.75, 3.05) is 5.75 Å². The van der Waals surface area contributed by atoms with Crippen molar-refractivity contribution in [1.29, 1.82) is 5.26 Å². The van der Waals surface area contributed by atoms with E-state index in [1.807, 2.05) is 17.6 Å². The SMILES string of the molecule is CCn1c(SCC(=O)c2ccc(C#N)cc2)nnc1[C@@H](C)NC(=O)c1ccccc1F. The number of hydrogen-bond donors (Lipinski definition) is 1. The summed E-state index contributed by atoms with van der Waals surface area (Å²) in [6.45, 7) is 4.19. The fourth-order valence-electron chi connectivity index (χ4n) is 2.95. The molecule has 3 rings (SSSR count). The fourth-order valence-corrected chi connectivity index (χ4v) is 3.86. The number of nitrogens with one attached hydrogen (secondary N) is 1. The highest BCUT2D eigenvalue weighted by molar-refractivity contribution is 7.99. The molecule has 0 fully saturated rings. The van der Waals surface area contributed by atoms with Gasteiger partial charge in [0.1, 0.15) is 5.82 Å². The number of aromatic nitrogens is 3. The van der Waals surface area contributed by atoms with Crippen molar-refractivity contribution in [2.24, 2.45) is 0 Å². The number of nitriles is 1. The number of rotatable bonds is 8. The number of thioether (sulfide) groups is 1. The number of carbonyl (C=O) groups excluding carboxylic acids is 2. The van der Waals surface area contributed by atoms with E-state index >= 15 is 0 Å². The van der Waals surface area contributed by atoms with Crippen LogP contribution in [0.25, 0.3) is 0 Å². The van der Waals surface area contributed by atoms with Gasteiger partial charge in [0.15, 0.2) is 16.8 Å². The van der Waals surface area contributed by atoms with E-state index in [9.17, 15) is 14.0 Å². The largest absolute Gasteiger partial charge is 0.342 e. The van der Waals surface area contributed by atoms with E-state index < -0.39 is 17.8 Å². The van der Waals surface area contributed by atoms with E-state index in [1.165, 1.54) is 30.0 Å². The molecule has 0 aliphatic carbocycles. The van der Waals surface area contributed by atoms with Crippen molar-refractivity contribution in [2.45, 2.75) is 31.6 Å². The Morgan fingerprint density at radius 1 is 1.19 bits per heavy atom. The van der Waals surface area contributed by atoms with Gasteiger partial charge >= 0.3 is 0 Å². The minimum atomic E-state index is -0.596. The van der Waals surface area contributed by atoms with Crippen LogP contribution < -0.4 is 5.32 Å². The molecule has 0 saturated carbocycles. The Balaban J connectivity index is 1.68. The zero-order chi connectivity index (χ0) is 22.4. The van der Waals surface area contributed by atoms with Crippen LogP contribution in [0.1, 0.15) is 52.0 Å². The molecule has 7 nitrogen and oxygen atoms in total. The fraction of sp³-hybridized carbons (Fsp3) is 0.227.